The highest BCUT2D eigenvalue weighted by Crippen LogP contribution is 2.25. The molecule has 4 rings (SSSR count). The van der Waals surface area contributed by atoms with Gasteiger partial charge in [-0.2, -0.15) is 0 Å². The second-order valence-corrected chi connectivity index (χ2v) is 6.74. The minimum Gasteiger partial charge on any atom is -0.270 e. The van der Waals surface area contributed by atoms with E-state index >= 15 is 0 Å². The Morgan fingerprint density at radius 3 is 1.86 bits per heavy atom. The maximum Gasteiger partial charge on any atom is 0.261 e. The first-order chi connectivity index (χ1) is 13.5. The number of rotatable bonds is 4. The van der Waals surface area contributed by atoms with Crippen LogP contribution in [0.25, 0.3) is 16.7 Å². The molecule has 3 nitrogen and oxygen atoms in total. The van der Waals surface area contributed by atoms with E-state index in [1.54, 1.807) is 36.4 Å². The van der Waals surface area contributed by atoms with Crippen molar-refractivity contribution in [1.82, 2.24) is 4.90 Å². The van der Waals surface area contributed by atoms with E-state index < -0.39 is 0 Å². The topological polar surface area (TPSA) is 37.4 Å². The second-order valence-electron chi connectivity index (χ2n) is 6.74. The fraction of sp³-hybridized carbons (Fsp3) is 0.0833. The minimum absolute atomic E-state index is 0.234. The standard InChI is InChI=1S/C24H18FNO2/c1-16(14-15-26-23(27)21-4-2-3-5-22(21)24(26)28)17-6-8-18(9-7-17)19-10-12-20(25)13-11-19/h2-14H,15H2,1H3. The molecular weight excluding hydrogens is 353 g/mol. The number of fused-ring (bicyclic) bond motifs is 1. The fourth-order valence-corrected chi connectivity index (χ4v) is 3.32. The molecule has 28 heavy (non-hydrogen) atoms. The lowest BCUT2D eigenvalue weighted by Gasteiger charge is -2.12. The average molecular weight is 371 g/mol. The van der Waals surface area contributed by atoms with Gasteiger partial charge in [-0.1, -0.05) is 54.6 Å². The number of benzene rings is 3. The highest BCUT2D eigenvalue weighted by molar-refractivity contribution is 6.21. The number of imide groups is 1. The van der Waals surface area contributed by atoms with E-state index in [-0.39, 0.29) is 24.2 Å². The Kier molecular flexibility index (Phi) is 4.62. The van der Waals surface area contributed by atoms with Crippen molar-refractivity contribution in [2.75, 3.05) is 6.54 Å². The molecule has 1 aliphatic heterocycles. The normalized spacial score (nSPS) is 13.8. The summed E-state index contributed by atoms with van der Waals surface area (Å²) in [4.78, 5) is 26.1. The molecule has 0 radical (unpaired) electrons. The molecule has 0 bridgehead atoms. The lowest BCUT2D eigenvalue weighted by molar-refractivity contribution is 0.0672. The zero-order valence-electron chi connectivity index (χ0n) is 15.4. The Hall–Kier alpha value is -3.53. The van der Waals surface area contributed by atoms with E-state index in [1.807, 2.05) is 37.3 Å². The number of amides is 2. The number of carbonyl (C=O) groups is 2. The van der Waals surface area contributed by atoms with Crippen LogP contribution in [0.2, 0.25) is 0 Å². The molecule has 0 atom stereocenters. The molecular formula is C24H18FNO2. The third-order valence-corrected chi connectivity index (χ3v) is 4.98. The van der Waals surface area contributed by atoms with Crippen LogP contribution in [0.1, 0.15) is 33.2 Å². The zero-order chi connectivity index (χ0) is 19.7. The summed E-state index contributed by atoms with van der Waals surface area (Å²) in [6, 6.07) is 21.2. The van der Waals surface area contributed by atoms with Crippen molar-refractivity contribution in [3.8, 4) is 11.1 Å². The summed E-state index contributed by atoms with van der Waals surface area (Å²) < 4.78 is 13.1. The molecule has 0 aromatic heterocycles. The third kappa shape index (κ3) is 3.25. The van der Waals surface area contributed by atoms with Gasteiger partial charge in [0.25, 0.3) is 11.8 Å². The first-order valence-electron chi connectivity index (χ1n) is 9.03. The summed E-state index contributed by atoms with van der Waals surface area (Å²) in [7, 11) is 0. The van der Waals surface area contributed by atoms with Crippen LogP contribution in [0.3, 0.4) is 0 Å². The van der Waals surface area contributed by atoms with Gasteiger partial charge in [0, 0.05) is 6.54 Å². The van der Waals surface area contributed by atoms with Crippen molar-refractivity contribution in [2.24, 2.45) is 0 Å². The van der Waals surface area contributed by atoms with E-state index in [2.05, 4.69) is 0 Å². The van der Waals surface area contributed by atoms with Gasteiger partial charge >= 0.3 is 0 Å². The van der Waals surface area contributed by atoms with Gasteiger partial charge in [0.05, 0.1) is 11.1 Å². The molecule has 0 spiro atoms. The van der Waals surface area contributed by atoms with Crippen LogP contribution in [0.4, 0.5) is 4.39 Å². The molecule has 4 heteroatoms. The fourth-order valence-electron chi connectivity index (χ4n) is 3.32. The number of allylic oxidation sites excluding steroid dienone is 1. The summed E-state index contributed by atoms with van der Waals surface area (Å²) in [6.07, 6.45) is 1.88. The van der Waals surface area contributed by atoms with Gasteiger partial charge in [0.15, 0.2) is 0 Å². The largest absolute Gasteiger partial charge is 0.270 e. The summed E-state index contributed by atoms with van der Waals surface area (Å²) in [6.45, 7) is 2.18. The van der Waals surface area contributed by atoms with Crippen molar-refractivity contribution in [3.63, 3.8) is 0 Å². The van der Waals surface area contributed by atoms with Gasteiger partial charge in [-0.3, -0.25) is 14.5 Å². The molecule has 3 aromatic rings. The number of hydrogen-bond acceptors (Lipinski definition) is 2. The third-order valence-electron chi connectivity index (χ3n) is 4.98. The maximum atomic E-state index is 13.1. The van der Waals surface area contributed by atoms with Crippen molar-refractivity contribution in [3.05, 3.63) is 101 Å². The average Bonchev–Trinajstić information content (AvgIpc) is 2.97. The Labute approximate surface area is 162 Å². The Morgan fingerprint density at radius 1 is 0.821 bits per heavy atom. The minimum atomic E-state index is -0.257. The van der Waals surface area contributed by atoms with Crippen LogP contribution in [0.5, 0.6) is 0 Å². The van der Waals surface area contributed by atoms with Crippen LogP contribution in [0, 0.1) is 5.82 Å². The van der Waals surface area contributed by atoms with Crippen LogP contribution < -0.4 is 0 Å². The molecule has 1 aliphatic rings. The molecule has 138 valence electrons. The molecule has 0 saturated carbocycles. The van der Waals surface area contributed by atoms with Crippen LogP contribution in [-0.4, -0.2) is 23.3 Å². The maximum absolute atomic E-state index is 13.1. The van der Waals surface area contributed by atoms with Crippen molar-refractivity contribution >= 4 is 17.4 Å². The quantitative estimate of drug-likeness (QED) is 0.592. The Bertz CT molecular complexity index is 1050. The van der Waals surface area contributed by atoms with Crippen LogP contribution >= 0.6 is 0 Å². The van der Waals surface area contributed by atoms with E-state index in [1.165, 1.54) is 17.0 Å². The first-order valence-corrected chi connectivity index (χ1v) is 9.03. The molecule has 2 amide bonds. The van der Waals surface area contributed by atoms with Gasteiger partial charge in [0.1, 0.15) is 5.82 Å². The number of hydrogen-bond donors (Lipinski definition) is 0. The lowest BCUT2D eigenvalue weighted by atomic mass is 10.0. The molecule has 0 fully saturated rings. The molecule has 0 saturated heterocycles. The highest BCUT2D eigenvalue weighted by Gasteiger charge is 2.34. The van der Waals surface area contributed by atoms with Crippen molar-refractivity contribution in [1.29, 1.82) is 0 Å². The summed E-state index contributed by atoms with van der Waals surface area (Å²) in [5.74, 6) is -0.764. The summed E-state index contributed by atoms with van der Waals surface area (Å²) >= 11 is 0. The van der Waals surface area contributed by atoms with Gasteiger partial charge in [-0.25, -0.2) is 4.39 Å². The summed E-state index contributed by atoms with van der Waals surface area (Å²) in [5.41, 5.74) is 4.84. The second kappa shape index (κ2) is 7.24. The molecule has 1 heterocycles. The van der Waals surface area contributed by atoms with E-state index in [9.17, 15) is 14.0 Å². The summed E-state index contributed by atoms with van der Waals surface area (Å²) in [5, 5.41) is 0. The monoisotopic (exact) mass is 371 g/mol. The molecule has 3 aromatic carbocycles. The number of nitrogens with zero attached hydrogens (tertiary/aromatic N) is 1. The SMILES string of the molecule is CC(=CCN1C(=O)c2ccccc2C1=O)c1ccc(-c2ccc(F)cc2)cc1. The lowest BCUT2D eigenvalue weighted by Crippen LogP contribution is -2.29. The molecule has 0 N–H and O–H groups in total. The number of carbonyl (C=O) groups excluding carboxylic acids is 2. The molecule has 0 aliphatic carbocycles. The van der Waals surface area contributed by atoms with Gasteiger partial charge in [0.2, 0.25) is 0 Å². The predicted molar refractivity (Wildman–Crippen MR) is 107 cm³/mol. The van der Waals surface area contributed by atoms with Crippen LogP contribution in [0.15, 0.2) is 78.9 Å². The Morgan fingerprint density at radius 2 is 1.32 bits per heavy atom. The highest BCUT2D eigenvalue weighted by atomic mass is 19.1. The van der Waals surface area contributed by atoms with Gasteiger partial charge in [-0.05, 0) is 53.5 Å². The van der Waals surface area contributed by atoms with Crippen LogP contribution in [-0.2, 0) is 0 Å². The zero-order valence-corrected chi connectivity index (χ0v) is 15.4. The van der Waals surface area contributed by atoms with Crippen molar-refractivity contribution < 1.29 is 14.0 Å². The first kappa shape index (κ1) is 17.9. The molecule has 0 unspecified atom stereocenters. The van der Waals surface area contributed by atoms with Gasteiger partial charge < -0.3 is 0 Å². The van der Waals surface area contributed by atoms with Gasteiger partial charge in [-0.15, -0.1) is 0 Å². The number of halogens is 1. The predicted octanol–water partition coefficient (Wildman–Crippen LogP) is 5.19. The van der Waals surface area contributed by atoms with E-state index in [0.29, 0.717) is 11.1 Å². The smallest absolute Gasteiger partial charge is 0.261 e. The van der Waals surface area contributed by atoms with E-state index in [4.69, 9.17) is 0 Å². The van der Waals surface area contributed by atoms with E-state index in [0.717, 1.165) is 22.3 Å². The van der Waals surface area contributed by atoms with Crippen molar-refractivity contribution in [2.45, 2.75) is 6.92 Å². The Balaban J connectivity index is 1.50.